The summed E-state index contributed by atoms with van der Waals surface area (Å²) in [5, 5.41) is 9.05. The summed E-state index contributed by atoms with van der Waals surface area (Å²) < 4.78 is 61.4. The third-order valence-corrected chi connectivity index (χ3v) is 5.85. The molecule has 0 saturated heterocycles. The number of amides is 1. The number of carboxylic acid groups (broad SMARTS) is 1. The minimum atomic E-state index is -4.43. The maximum Gasteiger partial charge on any atom is 0.407 e. The van der Waals surface area contributed by atoms with Crippen molar-refractivity contribution in [2.75, 3.05) is 6.54 Å². The fourth-order valence-corrected chi connectivity index (χ4v) is 4.39. The summed E-state index contributed by atoms with van der Waals surface area (Å²) in [5.74, 6) is -2.14. The average Bonchev–Trinajstić information content (AvgIpc) is 3.30. The molecule has 3 heterocycles. The Morgan fingerprint density at radius 3 is 2.52 bits per heavy atom. The average molecular weight is 453 g/mol. The molecule has 166 valence electrons. The van der Waals surface area contributed by atoms with E-state index in [4.69, 9.17) is 4.42 Å². The minimum Gasteiger partial charge on any atom is -0.465 e. The van der Waals surface area contributed by atoms with E-state index in [2.05, 4.69) is 4.98 Å². The van der Waals surface area contributed by atoms with Gasteiger partial charge in [-0.05, 0) is 29.7 Å². The van der Waals surface area contributed by atoms with E-state index >= 15 is 4.39 Å². The van der Waals surface area contributed by atoms with Crippen LogP contribution in [-0.2, 0) is 16.6 Å². The van der Waals surface area contributed by atoms with E-state index in [0.29, 0.717) is 3.97 Å². The molecular weight excluding hydrogens is 432 g/mol. The molecule has 0 bridgehead atoms. The molecule has 1 amide bonds. The first-order valence-electron chi connectivity index (χ1n) is 9.19. The van der Waals surface area contributed by atoms with Gasteiger partial charge in [0.15, 0.2) is 5.82 Å². The second kappa shape index (κ2) is 8.14. The van der Waals surface area contributed by atoms with Gasteiger partial charge < -0.3 is 14.4 Å². The molecule has 0 aliphatic rings. The number of hydrogen-bond acceptors (Lipinski definition) is 5. The zero-order chi connectivity index (χ0) is 23.0. The quantitative estimate of drug-likeness (QED) is 0.561. The van der Waals surface area contributed by atoms with Crippen molar-refractivity contribution >= 4 is 16.1 Å². The summed E-state index contributed by atoms with van der Waals surface area (Å²) in [5.41, 5.74) is -1.66. The Hall–Kier alpha value is -3.21. The molecule has 11 heteroatoms. The van der Waals surface area contributed by atoms with Gasteiger partial charge in [0.05, 0.1) is 18.4 Å². The van der Waals surface area contributed by atoms with Crippen LogP contribution in [0.5, 0.6) is 0 Å². The maximum absolute atomic E-state index is 15.5. The molecular formula is C20H21F2N3O5S. The fourth-order valence-electron chi connectivity index (χ4n) is 3.09. The fraction of sp³-hybridized carbons (Fsp3) is 0.300. The van der Waals surface area contributed by atoms with Gasteiger partial charge in [-0.3, -0.25) is 0 Å². The Balaban J connectivity index is 2.19. The van der Waals surface area contributed by atoms with E-state index in [9.17, 15) is 22.7 Å². The first kappa shape index (κ1) is 22.5. The van der Waals surface area contributed by atoms with Gasteiger partial charge in [-0.1, -0.05) is 20.8 Å². The van der Waals surface area contributed by atoms with Crippen molar-refractivity contribution in [1.82, 2.24) is 13.9 Å². The largest absolute Gasteiger partial charge is 0.465 e. The van der Waals surface area contributed by atoms with E-state index in [0.717, 1.165) is 23.6 Å². The van der Waals surface area contributed by atoms with Gasteiger partial charge in [-0.2, -0.15) is 12.8 Å². The second-order valence-corrected chi connectivity index (χ2v) is 9.84. The molecule has 1 N–H and O–H groups in total. The first-order chi connectivity index (χ1) is 14.4. The van der Waals surface area contributed by atoms with Gasteiger partial charge in [-0.25, -0.2) is 18.1 Å². The van der Waals surface area contributed by atoms with Crippen molar-refractivity contribution in [2.45, 2.75) is 32.4 Å². The van der Waals surface area contributed by atoms with Crippen LogP contribution in [0.2, 0.25) is 0 Å². The second-order valence-electron chi connectivity index (χ2n) is 8.09. The minimum absolute atomic E-state index is 0.0640. The number of aromatic nitrogens is 2. The highest BCUT2D eigenvalue weighted by atomic mass is 32.2. The van der Waals surface area contributed by atoms with Crippen LogP contribution in [-0.4, -0.2) is 40.0 Å². The van der Waals surface area contributed by atoms with Crippen molar-refractivity contribution < 1.29 is 31.5 Å². The van der Waals surface area contributed by atoms with E-state index < -0.39 is 50.6 Å². The van der Waals surface area contributed by atoms with E-state index in [1.807, 2.05) is 20.8 Å². The lowest BCUT2D eigenvalue weighted by molar-refractivity contribution is 0.122. The van der Waals surface area contributed by atoms with Crippen LogP contribution in [0, 0.1) is 17.2 Å². The van der Waals surface area contributed by atoms with Gasteiger partial charge in [0.1, 0.15) is 5.69 Å². The Bertz CT molecular complexity index is 1200. The molecule has 0 saturated carbocycles. The van der Waals surface area contributed by atoms with Crippen molar-refractivity contribution in [2.24, 2.45) is 5.41 Å². The lowest BCUT2D eigenvalue weighted by Gasteiger charge is -2.27. The Labute approximate surface area is 177 Å². The number of rotatable bonds is 6. The third kappa shape index (κ3) is 4.61. The van der Waals surface area contributed by atoms with E-state index in [1.165, 1.54) is 24.3 Å². The predicted octanol–water partition coefficient (Wildman–Crippen LogP) is 4.18. The van der Waals surface area contributed by atoms with Crippen molar-refractivity contribution in [3.63, 3.8) is 0 Å². The summed E-state index contributed by atoms with van der Waals surface area (Å²) in [7, 11) is -4.43. The molecule has 0 radical (unpaired) electrons. The van der Waals surface area contributed by atoms with Crippen LogP contribution in [0.25, 0.3) is 11.3 Å². The molecule has 0 fully saturated rings. The van der Waals surface area contributed by atoms with E-state index in [1.54, 1.807) is 0 Å². The van der Waals surface area contributed by atoms with Crippen molar-refractivity contribution in [3.8, 4) is 11.3 Å². The lowest BCUT2D eigenvalue weighted by Crippen LogP contribution is -2.36. The number of halogens is 2. The number of furan rings is 1. The SMILES string of the molecule is CC(C)(C)CN(Cc1cn(S(=O)(=O)c2ccco2)c(-c2cccnc2F)c1F)C(=O)O. The monoisotopic (exact) mass is 453 g/mol. The van der Waals surface area contributed by atoms with Gasteiger partial charge in [0.2, 0.25) is 11.0 Å². The van der Waals surface area contributed by atoms with Gasteiger partial charge >= 0.3 is 16.1 Å². The van der Waals surface area contributed by atoms with Crippen LogP contribution < -0.4 is 0 Å². The molecule has 0 aromatic carbocycles. The molecule has 8 nitrogen and oxygen atoms in total. The molecule has 3 aromatic rings. The maximum atomic E-state index is 15.5. The topological polar surface area (TPSA) is 106 Å². The summed E-state index contributed by atoms with van der Waals surface area (Å²) >= 11 is 0. The van der Waals surface area contributed by atoms with Gasteiger partial charge in [-0.15, -0.1) is 0 Å². The number of hydrogen-bond donors (Lipinski definition) is 1. The first-order valence-corrected chi connectivity index (χ1v) is 10.6. The van der Waals surface area contributed by atoms with Crippen LogP contribution in [0.4, 0.5) is 13.6 Å². The predicted molar refractivity (Wildman–Crippen MR) is 107 cm³/mol. The highest BCUT2D eigenvalue weighted by Gasteiger charge is 2.31. The zero-order valence-electron chi connectivity index (χ0n) is 17.0. The summed E-state index contributed by atoms with van der Waals surface area (Å²) in [4.78, 5) is 16.1. The molecule has 0 atom stereocenters. The molecule has 0 aliphatic heterocycles. The van der Waals surface area contributed by atoms with Crippen LogP contribution >= 0.6 is 0 Å². The van der Waals surface area contributed by atoms with Gasteiger partial charge in [0, 0.05) is 24.5 Å². The highest BCUT2D eigenvalue weighted by Crippen LogP contribution is 2.33. The third-order valence-electron chi connectivity index (χ3n) is 4.30. The van der Waals surface area contributed by atoms with Gasteiger partial charge in [0.25, 0.3) is 0 Å². The summed E-state index contributed by atoms with van der Waals surface area (Å²) in [6, 6.07) is 5.02. The summed E-state index contributed by atoms with van der Waals surface area (Å²) in [6.45, 7) is 5.05. The number of nitrogens with zero attached hydrogens (tertiary/aromatic N) is 3. The standard InChI is InChI=1S/C20H21F2N3O5S/c1-20(2,3)12-24(19(26)27)10-13-11-25(31(28,29)15-7-5-9-30-15)17(16(13)21)14-6-4-8-23-18(14)22/h4-9,11H,10,12H2,1-3H3,(H,26,27). The molecule has 31 heavy (non-hydrogen) atoms. The van der Waals surface area contributed by atoms with Crippen LogP contribution in [0.15, 0.2) is 52.4 Å². The molecule has 0 spiro atoms. The normalized spacial score (nSPS) is 12.2. The number of pyridine rings is 1. The highest BCUT2D eigenvalue weighted by molar-refractivity contribution is 7.89. The Kier molecular flexibility index (Phi) is 5.90. The smallest absolute Gasteiger partial charge is 0.407 e. The Morgan fingerprint density at radius 2 is 1.97 bits per heavy atom. The van der Waals surface area contributed by atoms with Crippen LogP contribution in [0.3, 0.4) is 0 Å². The van der Waals surface area contributed by atoms with Crippen molar-refractivity contribution in [3.05, 3.63) is 60.3 Å². The number of carbonyl (C=O) groups is 1. The summed E-state index contributed by atoms with van der Waals surface area (Å²) in [6.07, 6.45) is 1.91. The van der Waals surface area contributed by atoms with Crippen molar-refractivity contribution in [1.29, 1.82) is 0 Å². The molecule has 3 aromatic heterocycles. The zero-order valence-corrected chi connectivity index (χ0v) is 17.9. The Morgan fingerprint density at radius 1 is 1.26 bits per heavy atom. The van der Waals surface area contributed by atoms with Crippen LogP contribution in [0.1, 0.15) is 26.3 Å². The molecule has 3 rings (SSSR count). The van der Waals surface area contributed by atoms with E-state index in [-0.39, 0.29) is 17.7 Å². The molecule has 0 aliphatic carbocycles. The molecule has 0 unspecified atom stereocenters. The lowest BCUT2D eigenvalue weighted by atomic mass is 9.96.